The van der Waals surface area contributed by atoms with Gasteiger partial charge in [0.2, 0.25) is 0 Å². The zero-order valence-electron chi connectivity index (χ0n) is 16.6. The number of nitrogens with zero attached hydrogens (tertiary/aromatic N) is 1. The van der Waals surface area contributed by atoms with Crippen molar-refractivity contribution in [1.82, 2.24) is 5.32 Å². The van der Waals surface area contributed by atoms with Crippen LogP contribution in [0.4, 0.5) is 5.69 Å². The molecule has 3 aromatic carbocycles. The zero-order valence-corrected chi connectivity index (χ0v) is 16.6. The van der Waals surface area contributed by atoms with Gasteiger partial charge in [-0.15, -0.1) is 0 Å². The first-order valence-corrected chi connectivity index (χ1v) is 9.42. The molecule has 0 aromatic heterocycles. The lowest BCUT2D eigenvalue weighted by molar-refractivity contribution is -0.120. The SMILES string of the molecule is Cc1cccc(OCC(=O)N(C)c2ccccc2C(=O)NCc2ccccc2)c1. The van der Waals surface area contributed by atoms with Crippen molar-refractivity contribution in [1.29, 1.82) is 0 Å². The van der Waals surface area contributed by atoms with Crippen LogP contribution in [0.15, 0.2) is 78.9 Å². The Morgan fingerprint density at radius 1 is 0.931 bits per heavy atom. The molecule has 0 aliphatic carbocycles. The number of carbonyl (C=O) groups is 2. The van der Waals surface area contributed by atoms with Crippen molar-refractivity contribution in [3.8, 4) is 5.75 Å². The van der Waals surface area contributed by atoms with Crippen LogP contribution in [0.1, 0.15) is 21.5 Å². The third-order valence-electron chi connectivity index (χ3n) is 4.53. The normalized spacial score (nSPS) is 10.3. The molecule has 29 heavy (non-hydrogen) atoms. The molecule has 0 aliphatic heterocycles. The van der Waals surface area contributed by atoms with Gasteiger partial charge < -0.3 is 15.0 Å². The maximum atomic E-state index is 12.7. The maximum absolute atomic E-state index is 12.7. The minimum atomic E-state index is -0.241. The van der Waals surface area contributed by atoms with E-state index in [0.29, 0.717) is 23.5 Å². The summed E-state index contributed by atoms with van der Waals surface area (Å²) in [5.74, 6) is 0.166. The van der Waals surface area contributed by atoms with E-state index >= 15 is 0 Å². The van der Waals surface area contributed by atoms with Crippen LogP contribution in [0.5, 0.6) is 5.75 Å². The van der Waals surface area contributed by atoms with E-state index in [2.05, 4.69) is 5.32 Å². The second-order valence-corrected chi connectivity index (χ2v) is 6.74. The highest BCUT2D eigenvalue weighted by molar-refractivity contribution is 6.04. The molecule has 1 N–H and O–H groups in total. The molecular formula is C24H24N2O3. The minimum Gasteiger partial charge on any atom is -0.484 e. The molecule has 5 heteroatoms. The number of aryl methyl sites for hydroxylation is 1. The Balaban J connectivity index is 1.66. The number of carbonyl (C=O) groups excluding carboxylic acids is 2. The average molecular weight is 388 g/mol. The van der Waals surface area contributed by atoms with Gasteiger partial charge >= 0.3 is 0 Å². The first-order valence-electron chi connectivity index (χ1n) is 9.42. The van der Waals surface area contributed by atoms with Crippen LogP contribution in [-0.2, 0) is 11.3 Å². The summed E-state index contributed by atoms with van der Waals surface area (Å²) < 4.78 is 5.61. The molecule has 0 spiro atoms. The molecule has 0 bridgehead atoms. The van der Waals surface area contributed by atoms with E-state index in [4.69, 9.17) is 4.74 Å². The summed E-state index contributed by atoms with van der Waals surface area (Å²) in [6.07, 6.45) is 0. The molecule has 5 nitrogen and oxygen atoms in total. The molecule has 0 saturated carbocycles. The predicted octanol–water partition coefficient (Wildman–Crippen LogP) is 3.97. The summed E-state index contributed by atoms with van der Waals surface area (Å²) in [5.41, 5.74) is 3.05. The molecule has 2 amide bonds. The third kappa shape index (κ3) is 5.45. The number of para-hydroxylation sites is 1. The van der Waals surface area contributed by atoms with Crippen LogP contribution in [-0.4, -0.2) is 25.5 Å². The van der Waals surface area contributed by atoms with Gasteiger partial charge in [0.15, 0.2) is 6.61 Å². The molecule has 0 heterocycles. The van der Waals surface area contributed by atoms with E-state index in [1.165, 1.54) is 4.90 Å². The summed E-state index contributed by atoms with van der Waals surface area (Å²) in [5, 5.41) is 2.91. The first-order chi connectivity index (χ1) is 14.0. The Morgan fingerprint density at radius 3 is 2.41 bits per heavy atom. The van der Waals surface area contributed by atoms with Crippen LogP contribution in [0, 0.1) is 6.92 Å². The van der Waals surface area contributed by atoms with Crippen molar-refractivity contribution >= 4 is 17.5 Å². The summed E-state index contributed by atoms with van der Waals surface area (Å²) in [4.78, 5) is 26.8. The molecule has 0 unspecified atom stereocenters. The van der Waals surface area contributed by atoms with E-state index in [1.807, 2.05) is 61.5 Å². The minimum absolute atomic E-state index is 0.111. The molecule has 3 aromatic rings. The summed E-state index contributed by atoms with van der Waals surface area (Å²) in [7, 11) is 1.64. The van der Waals surface area contributed by atoms with Crippen LogP contribution >= 0.6 is 0 Å². The van der Waals surface area contributed by atoms with Gasteiger partial charge in [0, 0.05) is 13.6 Å². The average Bonchev–Trinajstić information content (AvgIpc) is 2.76. The Hall–Kier alpha value is -3.60. The molecule has 0 fully saturated rings. The number of ether oxygens (including phenoxy) is 1. The lowest BCUT2D eigenvalue weighted by Crippen LogP contribution is -2.33. The number of amides is 2. The molecule has 0 saturated heterocycles. The Labute approximate surface area is 170 Å². The monoisotopic (exact) mass is 388 g/mol. The molecule has 0 radical (unpaired) electrons. The van der Waals surface area contributed by atoms with Crippen LogP contribution < -0.4 is 15.0 Å². The summed E-state index contributed by atoms with van der Waals surface area (Å²) in [6.45, 7) is 2.27. The molecular weight excluding hydrogens is 364 g/mol. The van der Waals surface area contributed by atoms with Gasteiger partial charge in [-0.2, -0.15) is 0 Å². The van der Waals surface area contributed by atoms with Gasteiger partial charge in [-0.3, -0.25) is 9.59 Å². The number of rotatable bonds is 7. The van der Waals surface area contributed by atoms with Crippen molar-refractivity contribution in [3.05, 3.63) is 95.6 Å². The van der Waals surface area contributed by atoms with E-state index in [1.54, 1.807) is 31.3 Å². The highest BCUT2D eigenvalue weighted by atomic mass is 16.5. The van der Waals surface area contributed by atoms with Gasteiger partial charge in [-0.05, 0) is 42.3 Å². The summed E-state index contributed by atoms with van der Waals surface area (Å²) >= 11 is 0. The maximum Gasteiger partial charge on any atom is 0.264 e. The highest BCUT2D eigenvalue weighted by Gasteiger charge is 2.18. The zero-order chi connectivity index (χ0) is 20.6. The van der Waals surface area contributed by atoms with Crippen LogP contribution in [0.25, 0.3) is 0 Å². The van der Waals surface area contributed by atoms with E-state index in [-0.39, 0.29) is 18.4 Å². The Morgan fingerprint density at radius 2 is 1.66 bits per heavy atom. The number of likely N-dealkylation sites (N-methyl/N-ethyl adjacent to an activating group) is 1. The van der Waals surface area contributed by atoms with Crippen LogP contribution in [0.3, 0.4) is 0 Å². The van der Waals surface area contributed by atoms with E-state index in [9.17, 15) is 9.59 Å². The van der Waals surface area contributed by atoms with E-state index < -0.39 is 0 Å². The van der Waals surface area contributed by atoms with Crippen molar-refractivity contribution in [2.45, 2.75) is 13.5 Å². The highest BCUT2D eigenvalue weighted by Crippen LogP contribution is 2.20. The number of hydrogen-bond acceptors (Lipinski definition) is 3. The smallest absolute Gasteiger partial charge is 0.264 e. The van der Waals surface area contributed by atoms with Gasteiger partial charge in [0.1, 0.15) is 5.75 Å². The van der Waals surface area contributed by atoms with Crippen molar-refractivity contribution < 1.29 is 14.3 Å². The predicted molar refractivity (Wildman–Crippen MR) is 114 cm³/mol. The fraction of sp³-hybridized carbons (Fsp3) is 0.167. The summed E-state index contributed by atoms with van der Waals surface area (Å²) in [6, 6.07) is 24.3. The number of anilines is 1. The molecule has 148 valence electrons. The van der Waals surface area contributed by atoms with Gasteiger partial charge in [0.25, 0.3) is 11.8 Å². The topological polar surface area (TPSA) is 58.6 Å². The number of nitrogens with one attached hydrogen (secondary N) is 1. The van der Waals surface area contributed by atoms with Gasteiger partial charge in [0.05, 0.1) is 11.3 Å². The van der Waals surface area contributed by atoms with Crippen LogP contribution in [0.2, 0.25) is 0 Å². The van der Waals surface area contributed by atoms with Gasteiger partial charge in [-0.25, -0.2) is 0 Å². The lowest BCUT2D eigenvalue weighted by Gasteiger charge is -2.20. The number of benzene rings is 3. The van der Waals surface area contributed by atoms with Crippen molar-refractivity contribution in [3.63, 3.8) is 0 Å². The van der Waals surface area contributed by atoms with Gasteiger partial charge in [-0.1, -0.05) is 54.6 Å². The third-order valence-corrected chi connectivity index (χ3v) is 4.53. The van der Waals surface area contributed by atoms with E-state index in [0.717, 1.165) is 11.1 Å². The number of hydrogen-bond donors (Lipinski definition) is 1. The van der Waals surface area contributed by atoms with Crippen molar-refractivity contribution in [2.24, 2.45) is 0 Å². The largest absolute Gasteiger partial charge is 0.484 e. The fourth-order valence-corrected chi connectivity index (χ4v) is 2.91. The standard InChI is InChI=1S/C24H24N2O3/c1-18-9-8-12-20(15-18)29-17-23(27)26(2)22-14-7-6-13-21(22)24(28)25-16-19-10-4-3-5-11-19/h3-15H,16-17H2,1-2H3,(H,25,28). The Kier molecular flexibility index (Phi) is 6.63. The quantitative estimate of drug-likeness (QED) is 0.666. The molecule has 0 aliphatic rings. The second kappa shape index (κ2) is 9.55. The van der Waals surface area contributed by atoms with Crippen molar-refractivity contribution in [2.75, 3.05) is 18.6 Å². The first kappa shape index (κ1) is 20.1. The molecule has 0 atom stereocenters. The second-order valence-electron chi connectivity index (χ2n) is 6.74. The fourth-order valence-electron chi connectivity index (χ4n) is 2.91. The lowest BCUT2D eigenvalue weighted by atomic mass is 10.1. The molecule has 3 rings (SSSR count). The Bertz CT molecular complexity index is 986.